The minimum atomic E-state index is -1.07. The van der Waals surface area contributed by atoms with Crippen molar-refractivity contribution in [2.45, 2.75) is 6.42 Å². The summed E-state index contributed by atoms with van der Waals surface area (Å²) in [4.78, 5) is 14.9. The fraction of sp³-hybridized carbons (Fsp3) is 0.273. The van der Waals surface area contributed by atoms with Crippen molar-refractivity contribution in [2.75, 3.05) is 18.6 Å². The van der Waals surface area contributed by atoms with E-state index in [4.69, 9.17) is 5.11 Å². The van der Waals surface area contributed by atoms with Crippen LogP contribution in [0.5, 0.6) is 5.75 Å². The van der Waals surface area contributed by atoms with Crippen molar-refractivity contribution in [2.24, 2.45) is 4.99 Å². The van der Waals surface area contributed by atoms with E-state index in [0.29, 0.717) is 12.4 Å². The molecule has 1 aliphatic heterocycles. The lowest BCUT2D eigenvalue weighted by atomic mass is 10.2. The molecule has 0 fully saturated rings. The third kappa shape index (κ3) is 3.61. The Morgan fingerprint density at radius 1 is 1.39 bits per heavy atom. The minimum absolute atomic E-state index is 0. The lowest BCUT2D eigenvalue weighted by molar-refractivity contribution is 0.0696. The van der Waals surface area contributed by atoms with Gasteiger partial charge in [-0.2, -0.15) is 0 Å². The van der Waals surface area contributed by atoms with Crippen LogP contribution in [0.25, 0.3) is 0 Å². The van der Waals surface area contributed by atoms with Gasteiger partial charge in [0.1, 0.15) is 12.4 Å². The first kappa shape index (κ1) is 14.3. The highest BCUT2D eigenvalue weighted by atomic mass is 35.5. The number of phenolic OH excluding ortho intramolecular Hbond substituents is 1. The van der Waals surface area contributed by atoms with Gasteiger partial charge in [0.25, 0.3) is 0 Å². The number of aromatic hydroxyl groups is 1. The van der Waals surface area contributed by atoms with Gasteiger partial charge in [-0.3, -0.25) is 4.99 Å². The first-order valence-corrected chi connectivity index (χ1v) is 5.22. The Hall–Kier alpha value is -1.79. The van der Waals surface area contributed by atoms with Crippen LogP contribution in [0, 0.1) is 0 Å². The summed E-state index contributed by atoms with van der Waals surface area (Å²) >= 11 is 0. The fourth-order valence-electron chi connectivity index (χ4n) is 1.60. The fourth-order valence-corrected chi connectivity index (χ4v) is 1.60. The van der Waals surface area contributed by atoms with Crippen molar-refractivity contribution >= 4 is 30.3 Å². The van der Waals surface area contributed by atoms with Crippen molar-refractivity contribution < 1.29 is 15.0 Å². The maximum Gasteiger partial charge on any atom is 0.335 e. The Labute approximate surface area is 110 Å². The number of aliphatic imine (C=N–C) groups is 1. The van der Waals surface area contributed by atoms with Gasteiger partial charge in [0.15, 0.2) is 0 Å². The Morgan fingerprint density at radius 2 is 2.17 bits per heavy atom. The lowest BCUT2D eigenvalue weighted by Crippen LogP contribution is -2.33. The minimum Gasteiger partial charge on any atom is -0.508 e. The van der Waals surface area contributed by atoms with Crippen LogP contribution in [0.15, 0.2) is 23.2 Å². The molecule has 6 nitrogen and oxygen atoms in total. The summed E-state index contributed by atoms with van der Waals surface area (Å²) in [5.41, 5.74) is 3.60. The molecule has 1 aliphatic rings. The molecule has 1 aromatic rings. The number of carboxylic acids is 1. The third-order valence-electron chi connectivity index (χ3n) is 2.36. The number of hydrazine groups is 1. The molecule has 0 unspecified atom stereocenters. The largest absolute Gasteiger partial charge is 0.508 e. The monoisotopic (exact) mass is 271 g/mol. The van der Waals surface area contributed by atoms with E-state index in [-0.39, 0.29) is 23.7 Å². The molecule has 0 saturated carbocycles. The number of nitrogens with one attached hydrogen (secondary N) is 1. The van der Waals surface area contributed by atoms with Crippen molar-refractivity contribution in [3.8, 4) is 5.75 Å². The second kappa shape index (κ2) is 6.23. The maximum absolute atomic E-state index is 10.8. The van der Waals surface area contributed by atoms with E-state index >= 15 is 0 Å². The van der Waals surface area contributed by atoms with Gasteiger partial charge in [-0.15, -0.1) is 12.4 Å². The van der Waals surface area contributed by atoms with Gasteiger partial charge >= 0.3 is 5.97 Å². The van der Waals surface area contributed by atoms with Crippen LogP contribution < -0.4 is 5.43 Å². The molecule has 3 N–H and O–H groups in total. The summed E-state index contributed by atoms with van der Waals surface area (Å²) < 4.78 is 0. The number of carboxylic acid groups (broad SMARTS) is 1. The molecule has 1 heterocycles. The summed E-state index contributed by atoms with van der Waals surface area (Å²) in [6, 6.07) is 4.16. The van der Waals surface area contributed by atoms with Crippen LogP contribution in [0.2, 0.25) is 0 Å². The zero-order valence-electron chi connectivity index (χ0n) is 9.54. The molecular weight excluding hydrogens is 258 g/mol. The average Bonchev–Trinajstić information content (AvgIpc) is 2.29. The zero-order valence-corrected chi connectivity index (χ0v) is 10.4. The van der Waals surface area contributed by atoms with Gasteiger partial charge in [0, 0.05) is 18.8 Å². The average molecular weight is 272 g/mol. The van der Waals surface area contributed by atoms with E-state index < -0.39 is 5.97 Å². The summed E-state index contributed by atoms with van der Waals surface area (Å²) in [5.74, 6) is -1.14. The predicted octanol–water partition coefficient (Wildman–Crippen LogP) is 1.57. The summed E-state index contributed by atoms with van der Waals surface area (Å²) in [7, 11) is 0. The number of nitrogens with zero attached hydrogens (tertiary/aromatic N) is 2. The van der Waals surface area contributed by atoms with E-state index in [1.807, 2.05) is 11.2 Å². The van der Waals surface area contributed by atoms with Crippen LogP contribution in [0.4, 0.5) is 5.69 Å². The predicted molar refractivity (Wildman–Crippen MR) is 70.6 cm³/mol. The summed E-state index contributed by atoms with van der Waals surface area (Å²) in [5, 5.41) is 20.1. The van der Waals surface area contributed by atoms with E-state index in [9.17, 15) is 9.90 Å². The Balaban J connectivity index is 0.00000162. The molecule has 2 rings (SSSR count). The molecule has 0 spiro atoms. The van der Waals surface area contributed by atoms with Crippen LogP contribution >= 0.6 is 12.4 Å². The van der Waals surface area contributed by atoms with Gasteiger partial charge < -0.3 is 15.6 Å². The SMILES string of the molecule is Cl.O=C(O)c1cc(O)cc(NN2CCC=NC2)c1. The van der Waals surface area contributed by atoms with E-state index in [1.165, 1.54) is 18.2 Å². The number of rotatable bonds is 3. The highest BCUT2D eigenvalue weighted by Gasteiger charge is 2.10. The van der Waals surface area contributed by atoms with E-state index in [1.54, 1.807) is 0 Å². The van der Waals surface area contributed by atoms with Crippen molar-refractivity contribution in [3.63, 3.8) is 0 Å². The van der Waals surface area contributed by atoms with Gasteiger partial charge in [-0.05, 0) is 18.6 Å². The van der Waals surface area contributed by atoms with Crippen LogP contribution in [-0.4, -0.2) is 40.6 Å². The van der Waals surface area contributed by atoms with Gasteiger partial charge in [-0.25, -0.2) is 9.80 Å². The first-order valence-electron chi connectivity index (χ1n) is 5.22. The molecule has 98 valence electrons. The van der Waals surface area contributed by atoms with Crippen LogP contribution in [0.3, 0.4) is 0 Å². The van der Waals surface area contributed by atoms with E-state index in [2.05, 4.69) is 10.4 Å². The quantitative estimate of drug-likeness (QED) is 0.777. The smallest absolute Gasteiger partial charge is 0.335 e. The number of hydrogen-bond acceptors (Lipinski definition) is 5. The molecule has 0 atom stereocenters. The molecule has 7 heteroatoms. The number of hydrogen-bond donors (Lipinski definition) is 3. The zero-order chi connectivity index (χ0) is 12.3. The number of phenols is 1. The number of carbonyl (C=O) groups is 1. The highest BCUT2D eigenvalue weighted by Crippen LogP contribution is 2.20. The van der Waals surface area contributed by atoms with E-state index in [0.717, 1.165) is 13.0 Å². The highest BCUT2D eigenvalue weighted by molar-refractivity contribution is 5.89. The number of aromatic carboxylic acids is 1. The number of benzene rings is 1. The normalized spacial score (nSPS) is 14.9. The second-order valence-electron chi connectivity index (χ2n) is 3.74. The van der Waals surface area contributed by atoms with Crippen molar-refractivity contribution in [1.82, 2.24) is 5.01 Å². The summed E-state index contributed by atoms with van der Waals surface area (Å²) in [6.45, 7) is 1.31. The molecule has 0 amide bonds. The van der Waals surface area contributed by atoms with Crippen molar-refractivity contribution in [1.29, 1.82) is 0 Å². The number of halogens is 1. The Bertz CT molecular complexity index is 465. The Morgan fingerprint density at radius 3 is 2.78 bits per heavy atom. The number of anilines is 1. The Kier molecular flexibility index (Phi) is 4.94. The van der Waals surface area contributed by atoms with Crippen LogP contribution in [0.1, 0.15) is 16.8 Å². The molecule has 18 heavy (non-hydrogen) atoms. The molecule has 1 aromatic carbocycles. The third-order valence-corrected chi connectivity index (χ3v) is 2.36. The first-order chi connectivity index (χ1) is 8.15. The van der Waals surface area contributed by atoms with Gasteiger partial charge in [0.05, 0.1) is 11.3 Å². The standard InChI is InChI=1S/C11H13N3O3.ClH/c15-10-5-8(11(16)17)4-9(6-10)13-14-3-1-2-12-7-14;/h2,4-6,13,15H,1,3,7H2,(H,16,17);1H. The van der Waals surface area contributed by atoms with Crippen LogP contribution in [-0.2, 0) is 0 Å². The molecule has 0 radical (unpaired) electrons. The topological polar surface area (TPSA) is 85.2 Å². The summed E-state index contributed by atoms with van der Waals surface area (Å²) in [6.07, 6.45) is 2.70. The second-order valence-corrected chi connectivity index (χ2v) is 3.74. The maximum atomic E-state index is 10.8. The van der Waals surface area contributed by atoms with Gasteiger partial charge in [0.2, 0.25) is 0 Å². The lowest BCUT2D eigenvalue weighted by Gasteiger charge is -2.24. The molecule has 0 saturated heterocycles. The molecule has 0 bridgehead atoms. The molecular formula is C11H14ClN3O3. The van der Waals surface area contributed by atoms with Gasteiger partial charge in [-0.1, -0.05) is 0 Å². The molecule has 0 aliphatic carbocycles. The van der Waals surface area contributed by atoms with Crippen molar-refractivity contribution in [3.05, 3.63) is 23.8 Å². The molecule has 0 aromatic heterocycles.